The van der Waals surface area contributed by atoms with E-state index in [9.17, 15) is 4.79 Å². The molecule has 2 heterocycles. The largest absolute Gasteiger partial charge is 0.491 e. The molecule has 0 aromatic heterocycles. The van der Waals surface area contributed by atoms with Crippen molar-refractivity contribution in [1.29, 1.82) is 0 Å². The number of carbonyl (C=O) groups excluding carboxylic acids is 1. The number of allylic oxidation sites excluding steroid dienone is 1. The van der Waals surface area contributed by atoms with E-state index < -0.39 is 0 Å². The number of benzene rings is 1. The molecule has 0 radical (unpaired) electrons. The van der Waals surface area contributed by atoms with Crippen LogP contribution < -0.4 is 4.74 Å². The molecule has 1 aromatic rings. The van der Waals surface area contributed by atoms with E-state index in [0.29, 0.717) is 32.8 Å². The minimum atomic E-state index is -0.381. The predicted molar refractivity (Wildman–Crippen MR) is 137 cm³/mol. The Morgan fingerprint density at radius 1 is 1.19 bits per heavy atom. The van der Waals surface area contributed by atoms with Crippen molar-refractivity contribution in [2.45, 2.75) is 76.5 Å². The lowest BCUT2D eigenvalue weighted by Crippen LogP contribution is -2.55. The van der Waals surface area contributed by atoms with Crippen LogP contribution in [0.1, 0.15) is 52.5 Å². The van der Waals surface area contributed by atoms with Crippen LogP contribution in [-0.2, 0) is 28.5 Å². The molecular formula is C29H40O7. The van der Waals surface area contributed by atoms with Crippen LogP contribution in [-0.4, -0.2) is 69.0 Å². The highest BCUT2D eigenvalue weighted by molar-refractivity contribution is 5.87. The van der Waals surface area contributed by atoms with E-state index in [4.69, 9.17) is 28.4 Å². The fourth-order valence-electron chi connectivity index (χ4n) is 5.46. The second-order valence-corrected chi connectivity index (χ2v) is 10.3. The maximum Gasteiger partial charge on any atom is 0.331 e. The summed E-state index contributed by atoms with van der Waals surface area (Å²) in [5.74, 6) is 0.394. The van der Waals surface area contributed by atoms with Crippen LogP contribution in [0.4, 0.5) is 0 Å². The van der Waals surface area contributed by atoms with Crippen LogP contribution in [0.15, 0.2) is 42.0 Å². The van der Waals surface area contributed by atoms with Gasteiger partial charge in [-0.15, -0.1) is 0 Å². The first-order valence-corrected chi connectivity index (χ1v) is 13.0. The zero-order chi connectivity index (χ0) is 25.8. The van der Waals surface area contributed by atoms with Gasteiger partial charge in [0.25, 0.3) is 0 Å². The van der Waals surface area contributed by atoms with Gasteiger partial charge >= 0.3 is 5.97 Å². The number of esters is 1. The fraction of sp³-hybridized carbons (Fsp3) is 0.621. The molecular weight excluding hydrogens is 460 g/mol. The Bertz CT molecular complexity index is 945. The van der Waals surface area contributed by atoms with Crippen molar-refractivity contribution in [2.75, 3.05) is 33.5 Å². The Kier molecular flexibility index (Phi) is 8.56. The van der Waals surface area contributed by atoms with Crippen molar-refractivity contribution in [3.63, 3.8) is 0 Å². The monoisotopic (exact) mass is 500 g/mol. The van der Waals surface area contributed by atoms with E-state index >= 15 is 0 Å². The number of epoxide rings is 2. The molecule has 1 saturated carbocycles. The highest BCUT2D eigenvalue weighted by atomic mass is 16.6. The van der Waals surface area contributed by atoms with E-state index in [0.717, 1.165) is 24.2 Å². The minimum absolute atomic E-state index is 0.0105. The average Bonchev–Trinajstić information content (AvgIpc) is 3.78. The number of hydrogen-bond donors (Lipinski definition) is 0. The summed E-state index contributed by atoms with van der Waals surface area (Å²) in [4.78, 5) is 12.7. The molecule has 2 aliphatic heterocycles. The fourth-order valence-corrected chi connectivity index (χ4v) is 5.46. The molecule has 1 aromatic carbocycles. The minimum Gasteiger partial charge on any atom is -0.491 e. The van der Waals surface area contributed by atoms with Gasteiger partial charge in [0.05, 0.1) is 25.2 Å². The normalized spacial score (nSPS) is 32.9. The molecule has 2 saturated heterocycles. The maximum atomic E-state index is 12.7. The smallest absolute Gasteiger partial charge is 0.331 e. The van der Waals surface area contributed by atoms with Gasteiger partial charge in [0.2, 0.25) is 0 Å². The van der Waals surface area contributed by atoms with Crippen LogP contribution in [0.5, 0.6) is 5.75 Å². The SMILES string of the molecule is CCOCCOc1ccc(/C=C/C(=O)O[C@@H]2CC[C@]3(CO3)[C@@H](C3(C)OC3CC=C(C)C)[C@@H]2OC)cc1. The van der Waals surface area contributed by atoms with E-state index in [2.05, 4.69) is 26.8 Å². The molecule has 3 aliphatic rings. The molecule has 0 amide bonds. The van der Waals surface area contributed by atoms with Crippen molar-refractivity contribution in [3.8, 4) is 5.75 Å². The zero-order valence-electron chi connectivity index (χ0n) is 22.2. The van der Waals surface area contributed by atoms with Gasteiger partial charge in [-0.1, -0.05) is 23.8 Å². The summed E-state index contributed by atoms with van der Waals surface area (Å²) in [6.45, 7) is 10.7. The third-order valence-electron chi connectivity index (χ3n) is 7.50. The van der Waals surface area contributed by atoms with Gasteiger partial charge in [-0.05, 0) is 70.7 Å². The lowest BCUT2D eigenvalue weighted by molar-refractivity contribution is -0.166. The van der Waals surface area contributed by atoms with Crippen LogP contribution in [0.25, 0.3) is 6.08 Å². The Morgan fingerprint density at radius 3 is 2.58 bits per heavy atom. The van der Waals surface area contributed by atoms with Crippen molar-refractivity contribution in [1.82, 2.24) is 0 Å². The highest BCUT2D eigenvalue weighted by Crippen LogP contribution is 2.59. The Labute approximate surface area is 214 Å². The van der Waals surface area contributed by atoms with E-state index in [1.807, 2.05) is 31.2 Å². The topological polar surface area (TPSA) is 79.1 Å². The second kappa shape index (κ2) is 11.5. The van der Waals surface area contributed by atoms with Gasteiger partial charge in [-0.3, -0.25) is 0 Å². The van der Waals surface area contributed by atoms with Gasteiger partial charge in [0.15, 0.2) is 0 Å². The molecule has 7 nitrogen and oxygen atoms in total. The summed E-state index contributed by atoms with van der Waals surface area (Å²) >= 11 is 0. The molecule has 6 atom stereocenters. The lowest BCUT2D eigenvalue weighted by Gasteiger charge is -2.42. The quantitative estimate of drug-likeness (QED) is 0.135. The third-order valence-corrected chi connectivity index (χ3v) is 7.50. The van der Waals surface area contributed by atoms with Crippen LogP contribution in [0, 0.1) is 5.92 Å². The van der Waals surface area contributed by atoms with Crippen LogP contribution in [0.2, 0.25) is 0 Å². The zero-order valence-corrected chi connectivity index (χ0v) is 22.2. The number of rotatable bonds is 12. The third kappa shape index (κ3) is 6.20. The summed E-state index contributed by atoms with van der Waals surface area (Å²) < 4.78 is 35.0. The number of hydrogen-bond acceptors (Lipinski definition) is 7. The number of methoxy groups -OCH3 is 1. The van der Waals surface area contributed by atoms with E-state index in [1.54, 1.807) is 13.2 Å². The van der Waals surface area contributed by atoms with Crippen LogP contribution in [0.3, 0.4) is 0 Å². The van der Waals surface area contributed by atoms with Gasteiger partial charge in [-0.2, -0.15) is 0 Å². The summed E-state index contributed by atoms with van der Waals surface area (Å²) in [6, 6.07) is 7.56. The molecule has 198 valence electrons. The number of ether oxygens (including phenoxy) is 6. The summed E-state index contributed by atoms with van der Waals surface area (Å²) in [5.41, 5.74) is 1.58. The molecule has 0 bridgehead atoms. The standard InChI is InChI=1S/C29H40O7/c1-6-32-17-18-33-22-11-8-21(9-12-22)10-14-25(30)35-23-15-16-29(19-34-29)27(26(23)31-5)28(4)24(36-28)13-7-20(2)3/h7-12,14,23-24,26-27H,6,13,15-19H2,1-5H3/b14-10+/t23-,24?,26-,27-,28?,29+/m1/s1. The maximum absolute atomic E-state index is 12.7. The molecule has 7 heteroatoms. The Hall–Kier alpha value is -2.19. The molecule has 2 unspecified atom stereocenters. The van der Waals surface area contributed by atoms with Crippen molar-refractivity contribution in [2.24, 2.45) is 5.92 Å². The predicted octanol–water partition coefficient (Wildman–Crippen LogP) is 4.73. The van der Waals surface area contributed by atoms with Gasteiger partial charge < -0.3 is 28.4 Å². The number of carbonyl (C=O) groups is 1. The second-order valence-electron chi connectivity index (χ2n) is 10.3. The Balaban J connectivity index is 1.35. The lowest BCUT2D eigenvalue weighted by atomic mass is 9.68. The molecule has 1 aliphatic carbocycles. The molecule has 1 spiro atoms. The summed E-state index contributed by atoms with van der Waals surface area (Å²) in [7, 11) is 1.69. The first-order chi connectivity index (χ1) is 17.3. The first-order valence-electron chi connectivity index (χ1n) is 13.0. The van der Waals surface area contributed by atoms with E-state index in [1.165, 1.54) is 11.6 Å². The summed E-state index contributed by atoms with van der Waals surface area (Å²) in [5, 5.41) is 0. The molecule has 0 N–H and O–H groups in total. The van der Waals surface area contributed by atoms with Crippen molar-refractivity contribution in [3.05, 3.63) is 47.6 Å². The van der Waals surface area contributed by atoms with E-state index in [-0.39, 0.29) is 41.4 Å². The van der Waals surface area contributed by atoms with Crippen molar-refractivity contribution < 1.29 is 33.2 Å². The van der Waals surface area contributed by atoms with Gasteiger partial charge in [0, 0.05) is 19.8 Å². The van der Waals surface area contributed by atoms with Gasteiger partial charge in [-0.25, -0.2) is 4.79 Å². The Morgan fingerprint density at radius 2 is 1.94 bits per heavy atom. The average molecular weight is 501 g/mol. The molecule has 4 rings (SSSR count). The first kappa shape index (κ1) is 26.9. The summed E-state index contributed by atoms with van der Waals surface area (Å²) in [6.07, 6.45) is 7.32. The van der Waals surface area contributed by atoms with Crippen molar-refractivity contribution >= 4 is 12.0 Å². The van der Waals surface area contributed by atoms with Crippen LogP contribution >= 0.6 is 0 Å². The highest BCUT2D eigenvalue weighted by Gasteiger charge is 2.72. The van der Waals surface area contributed by atoms with Gasteiger partial charge in [0.1, 0.15) is 35.8 Å². The molecule has 3 fully saturated rings. The molecule has 36 heavy (non-hydrogen) atoms.